The molecule has 0 heterocycles. The Morgan fingerprint density at radius 1 is 1.55 bits per heavy atom. The second-order valence-electron chi connectivity index (χ2n) is 2.05. The Bertz CT molecular complexity index is 132. The maximum Gasteiger partial charge on any atom is 1.00 e. The maximum atomic E-state index is 11.5. The predicted octanol–water partition coefficient (Wildman–Crippen LogP) is -1.02. The molecule has 0 spiro atoms. The van der Waals surface area contributed by atoms with Gasteiger partial charge in [0.15, 0.2) is 0 Å². The van der Waals surface area contributed by atoms with E-state index in [-0.39, 0.29) is 25.3 Å². The minimum atomic E-state index is -4.70. The van der Waals surface area contributed by atoms with E-state index in [4.69, 9.17) is 0 Å². The van der Waals surface area contributed by atoms with E-state index in [1.165, 1.54) is 6.92 Å². The molecule has 0 aliphatic rings. The van der Waals surface area contributed by atoms with Crippen LogP contribution in [0.2, 0.25) is 0 Å². The van der Waals surface area contributed by atoms with Crippen LogP contribution in [-0.4, -0.2) is 12.0 Å². The van der Waals surface area contributed by atoms with E-state index in [0.29, 0.717) is 0 Å². The van der Waals surface area contributed by atoms with Crippen LogP contribution in [0.1, 0.15) is 13.3 Å². The summed E-state index contributed by atoms with van der Waals surface area (Å²) < 4.78 is 34.5. The molecule has 0 aliphatic heterocycles. The monoisotopic (exact) mass is 160 g/mol. The summed E-state index contributed by atoms with van der Waals surface area (Å²) >= 11 is 0. The zero-order chi connectivity index (χ0) is 8.36. The largest absolute Gasteiger partial charge is 1.00 e. The Labute approximate surface area is 75.5 Å². The number of halogens is 3. The molecule has 0 radical (unpaired) electrons. The maximum absolute atomic E-state index is 11.5. The van der Waals surface area contributed by atoms with Gasteiger partial charge in [0.2, 0.25) is 5.78 Å². The zero-order valence-electron chi connectivity index (χ0n) is 6.53. The Morgan fingerprint density at radius 3 is 2.00 bits per heavy atom. The number of rotatable bonds is 2. The molecule has 1 atom stereocenters. The number of hydrogen-bond acceptors (Lipinski definition) is 1. The molecule has 0 bridgehead atoms. The predicted molar refractivity (Wildman–Crippen MR) is 30.2 cm³/mol. The van der Waals surface area contributed by atoms with Gasteiger partial charge in [0.25, 0.3) is 0 Å². The van der Waals surface area contributed by atoms with E-state index >= 15 is 0 Å². The third-order valence-corrected chi connectivity index (χ3v) is 1.16. The first-order valence-electron chi connectivity index (χ1n) is 2.80. The quantitative estimate of drug-likeness (QED) is 0.373. The van der Waals surface area contributed by atoms with Crippen molar-refractivity contribution >= 4 is 5.78 Å². The van der Waals surface area contributed by atoms with Crippen molar-refractivity contribution < 1.29 is 36.8 Å². The van der Waals surface area contributed by atoms with Gasteiger partial charge in [-0.05, 0) is 5.92 Å². The zero-order valence-corrected chi connectivity index (χ0v) is 6.53. The van der Waals surface area contributed by atoms with Crippen LogP contribution in [-0.2, 0) is 4.79 Å². The fraction of sp³-hybridized carbons (Fsp3) is 0.667. The van der Waals surface area contributed by atoms with Crippen LogP contribution in [0.3, 0.4) is 0 Å². The molecule has 0 aliphatic carbocycles. The third kappa shape index (κ3) is 4.49. The van der Waals surface area contributed by atoms with Gasteiger partial charge in [0.1, 0.15) is 0 Å². The van der Waals surface area contributed by atoms with Gasteiger partial charge in [-0.25, -0.2) is 0 Å². The summed E-state index contributed by atoms with van der Waals surface area (Å²) in [6.07, 6.45) is -4.71. The van der Waals surface area contributed by atoms with Gasteiger partial charge in [-0.3, -0.25) is 4.79 Å². The first kappa shape index (κ1) is 13.6. The molecule has 11 heavy (non-hydrogen) atoms. The van der Waals surface area contributed by atoms with E-state index in [2.05, 4.69) is 6.92 Å². The van der Waals surface area contributed by atoms with Gasteiger partial charge in [-0.15, -0.1) is 0 Å². The number of Topliss-reactive ketones (excluding diaryl/α,β-unsaturated/α-hetero) is 1. The number of carbonyl (C=O) groups is 1. The molecule has 60 valence electrons. The van der Waals surface area contributed by atoms with Crippen LogP contribution in [0.15, 0.2) is 0 Å². The number of hydrogen-bond donors (Lipinski definition) is 0. The molecule has 0 aromatic carbocycles. The second kappa shape index (κ2) is 4.84. The van der Waals surface area contributed by atoms with Crippen LogP contribution < -0.4 is 18.9 Å². The first-order chi connectivity index (χ1) is 4.39. The molecule has 1 nitrogen and oxygen atoms in total. The van der Waals surface area contributed by atoms with Crippen LogP contribution in [0.4, 0.5) is 13.2 Å². The standard InChI is InChI=1S/C6H8F3O.Li/c1-3-4(2)5(10)6(7,8)9;/h4H,1,3H2,2H3;/q-1;+1. The molecule has 0 aromatic heterocycles. The smallest absolute Gasteiger partial charge is 0.343 e. The van der Waals surface area contributed by atoms with E-state index < -0.39 is 17.9 Å². The van der Waals surface area contributed by atoms with Crippen molar-refractivity contribution in [1.29, 1.82) is 0 Å². The summed E-state index contributed by atoms with van der Waals surface area (Å²) in [6, 6.07) is 0. The average Bonchev–Trinajstić information content (AvgIpc) is 1.83. The van der Waals surface area contributed by atoms with Crippen molar-refractivity contribution in [2.45, 2.75) is 19.5 Å². The molecular formula is C6H8F3LiO. The van der Waals surface area contributed by atoms with Gasteiger partial charge in [-0.2, -0.15) is 19.6 Å². The topological polar surface area (TPSA) is 17.1 Å². The molecule has 0 amide bonds. The SMILES string of the molecule is [CH2-]CC(C)C(=O)C(F)(F)F.[Li+]. The summed E-state index contributed by atoms with van der Waals surface area (Å²) in [4.78, 5) is 10.2. The van der Waals surface area contributed by atoms with Gasteiger partial charge < -0.3 is 6.92 Å². The van der Waals surface area contributed by atoms with Crippen molar-refractivity contribution in [3.8, 4) is 0 Å². The molecule has 1 unspecified atom stereocenters. The van der Waals surface area contributed by atoms with Crippen LogP contribution in [0.5, 0.6) is 0 Å². The fourth-order valence-corrected chi connectivity index (χ4v) is 0.410. The fourth-order valence-electron chi connectivity index (χ4n) is 0.410. The third-order valence-electron chi connectivity index (χ3n) is 1.16. The first-order valence-corrected chi connectivity index (χ1v) is 2.80. The minimum Gasteiger partial charge on any atom is -0.343 e. The van der Waals surface area contributed by atoms with Crippen LogP contribution >= 0.6 is 0 Å². The van der Waals surface area contributed by atoms with Crippen molar-refractivity contribution in [1.82, 2.24) is 0 Å². The van der Waals surface area contributed by atoms with Gasteiger partial charge >= 0.3 is 25.0 Å². The molecule has 0 fully saturated rings. The second-order valence-corrected chi connectivity index (χ2v) is 2.05. The average molecular weight is 160 g/mol. The van der Waals surface area contributed by atoms with Crippen LogP contribution in [0.25, 0.3) is 0 Å². The van der Waals surface area contributed by atoms with Crippen LogP contribution in [0, 0.1) is 12.8 Å². The van der Waals surface area contributed by atoms with E-state index in [1.807, 2.05) is 0 Å². The summed E-state index contributed by atoms with van der Waals surface area (Å²) in [6.45, 7) is 4.41. The molecule has 0 saturated carbocycles. The Hall–Kier alpha value is 0.0574. The molecule has 0 saturated heterocycles. The van der Waals surface area contributed by atoms with Crippen molar-refractivity contribution in [2.75, 3.05) is 0 Å². The summed E-state index contributed by atoms with van der Waals surface area (Å²) in [5, 5.41) is 0. The Morgan fingerprint density at radius 2 is 1.91 bits per heavy atom. The molecule has 5 heteroatoms. The van der Waals surface area contributed by atoms with Crippen molar-refractivity contribution in [2.24, 2.45) is 5.92 Å². The molecular weight excluding hydrogens is 152 g/mol. The van der Waals surface area contributed by atoms with Crippen molar-refractivity contribution in [3.05, 3.63) is 6.92 Å². The minimum absolute atomic E-state index is 0. The van der Waals surface area contributed by atoms with E-state index in [1.54, 1.807) is 0 Å². The molecule has 0 N–H and O–H groups in total. The summed E-state index contributed by atoms with van der Waals surface area (Å²) in [5.41, 5.74) is 0. The molecule has 0 aromatic rings. The van der Waals surface area contributed by atoms with E-state index in [0.717, 1.165) is 0 Å². The van der Waals surface area contributed by atoms with E-state index in [9.17, 15) is 18.0 Å². The van der Waals surface area contributed by atoms with Gasteiger partial charge in [0, 0.05) is 0 Å². The van der Waals surface area contributed by atoms with Crippen molar-refractivity contribution in [3.63, 3.8) is 0 Å². The normalized spacial score (nSPS) is 13.5. The summed E-state index contributed by atoms with van der Waals surface area (Å²) in [5.74, 6) is -2.71. The number of ketones is 1. The van der Waals surface area contributed by atoms with Gasteiger partial charge in [0.05, 0.1) is 0 Å². The summed E-state index contributed by atoms with van der Waals surface area (Å²) in [7, 11) is 0. The number of carbonyl (C=O) groups excluding carboxylic acids is 1. The Kier molecular flexibility index (Phi) is 6.00. The number of alkyl halides is 3. The Balaban J connectivity index is 0. The van der Waals surface area contributed by atoms with Gasteiger partial charge in [-0.1, -0.05) is 6.92 Å². The molecule has 0 rings (SSSR count).